The zero-order chi connectivity index (χ0) is 16.7. The Balaban J connectivity index is 1.93. The van der Waals surface area contributed by atoms with E-state index in [-0.39, 0.29) is 6.42 Å². The number of rotatable bonds is 9. The normalized spacial score (nSPS) is 10.5. The first kappa shape index (κ1) is 17.3. The van der Waals surface area contributed by atoms with Crippen LogP contribution in [0, 0.1) is 0 Å². The molecule has 0 aliphatic heterocycles. The van der Waals surface area contributed by atoms with Crippen LogP contribution in [0.3, 0.4) is 0 Å². The Bertz CT molecular complexity index is 638. The molecule has 2 N–H and O–H groups in total. The van der Waals surface area contributed by atoms with Gasteiger partial charge in [0.1, 0.15) is 0 Å². The molecule has 6 heteroatoms. The van der Waals surface area contributed by atoms with Crippen LogP contribution in [0.25, 0.3) is 0 Å². The highest BCUT2D eigenvalue weighted by molar-refractivity contribution is 7.15. The summed E-state index contributed by atoms with van der Waals surface area (Å²) in [6.07, 6.45) is 2.63. The predicted molar refractivity (Wildman–Crippen MR) is 95.4 cm³/mol. The maximum atomic E-state index is 10.6. The number of hydrogen-bond acceptors (Lipinski definition) is 5. The van der Waals surface area contributed by atoms with Gasteiger partial charge >= 0.3 is 5.97 Å². The number of carbonyl (C=O) groups is 1. The van der Waals surface area contributed by atoms with Crippen LogP contribution in [0.15, 0.2) is 30.5 Å². The fourth-order valence-electron chi connectivity index (χ4n) is 2.30. The van der Waals surface area contributed by atoms with Gasteiger partial charge in [-0.25, -0.2) is 4.98 Å². The van der Waals surface area contributed by atoms with E-state index in [1.165, 1.54) is 4.88 Å². The molecule has 5 nitrogen and oxygen atoms in total. The Labute approximate surface area is 141 Å². The Hall–Kier alpha value is -2.08. The van der Waals surface area contributed by atoms with Gasteiger partial charge in [0.15, 0.2) is 5.13 Å². The minimum absolute atomic E-state index is 0.158. The first-order valence-corrected chi connectivity index (χ1v) is 8.68. The zero-order valence-corrected chi connectivity index (χ0v) is 14.4. The maximum absolute atomic E-state index is 10.6. The Morgan fingerprint density at radius 3 is 2.83 bits per heavy atom. The minimum Gasteiger partial charge on any atom is -0.481 e. The largest absolute Gasteiger partial charge is 0.481 e. The molecular formula is C17H23N3O2S. The molecule has 0 aliphatic rings. The van der Waals surface area contributed by atoms with E-state index in [9.17, 15) is 4.79 Å². The molecule has 0 fully saturated rings. The number of benzene rings is 1. The van der Waals surface area contributed by atoms with Gasteiger partial charge in [-0.3, -0.25) is 4.79 Å². The number of carboxylic acid groups (broad SMARTS) is 1. The van der Waals surface area contributed by atoms with E-state index in [1.807, 2.05) is 30.5 Å². The molecule has 0 atom stereocenters. The van der Waals surface area contributed by atoms with E-state index >= 15 is 0 Å². The summed E-state index contributed by atoms with van der Waals surface area (Å²) in [4.78, 5) is 18.5. The number of aromatic nitrogens is 1. The summed E-state index contributed by atoms with van der Waals surface area (Å²) < 4.78 is 0. The van der Waals surface area contributed by atoms with Gasteiger partial charge < -0.3 is 15.3 Å². The summed E-state index contributed by atoms with van der Waals surface area (Å²) in [5.74, 6) is -0.767. The maximum Gasteiger partial charge on any atom is 0.303 e. The number of hydrogen-bond donors (Lipinski definition) is 2. The second-order valence-corrected chi connectivity index (χ2v) is 6.32. The van der Waals surface area contributed by atoms with Gasteiger partial charge in [0.25, 0.3) is 0 Å². The molecule has 0 aliphatic carbocycles. The average molecular weight is 333 g/mol. The lowest BCUT2D eigenvalue weighted by atomic mass is 10.1. The predicted octanol–water partition coefficient (Wildman–Crippen LogP) is 3.62. The molecule has 0 saturated heterocycles. The van der Waals surface area contributed by atoms with Gasteiger partial charge in [-0.1, -0.05) is 12.1 Å². The van der Waals surface area contributed by atoms with E-state index in [1.54, 1.807) is 11.3 Å². The van der Waals surface area contributed by atoms with Crippen LogP contribution in [0.5, 0.6) is 0 Å². The fraction of sp³-hybridized carbons (Fsp3) is 0.412. The minimum atomic E-state index is -0.767. The Morgan fingerprint density at radius 2 is 2.13 bits per heavy atom. The molecule has 124 valence electrons. The van der Waals surface area contributed by atoms with E-state index in [0.29, 0.717) is 6.42 Å². The molecule has 2 aromatic rings. The van der Waals surface area contributed by atoms with Crippen LogP contribution in [-0.4, -0.2) is 29.1 Å². The van der Waals surface area contributed by atoms with Crippen molar-refractivity contribution in [2.24, 2.45) is 0 Å². The van der Waals surface area contributed by atoms with Crippen LogP contribution >= 0.6 is 11.3 Å². The fourth-order valence-corrected chi connectivity index (χ4v) is 3.27. The van der Waals surface area contributed by atoms with Crippen LogP contribution in [0.2, 0.25) is 0 Å². The number of nitrogens with zero attached hydrogens (tertiary/aromatic N) is 2. The molecule has 1 aromatic carbocycles. The van der Waals surface area contributed by atoms with Crippen molar-refractivity contribution in [2.75, 3.05) is 23.3 Å². The molecule has 0 spiro atoms. The summed E-state index contributed by atoms with van der Waals surface area (Å²) in [5.41, 5.74) is 2.04. The third kappa shape index (κ3) is 5.25. The molecule has 0 amide bonds. The quantitative estimate of drug-likeness (QED) is 0.734. The summed E-state index contributed by atoms with van der Waals surface area (Å²) in [7, 11) is 0. The van der Waals surface area contributed by atoms with Crippen molar-refractivity contribution in [3.05, 3.63) is 40.9 Å². The van der Waals surface area contributed by atoms with E-state index in [4.69, 9.17) is 5.11 Å². The first-order valence-electron chi connectivity index (χ1n) is 7.86. The lowest BCUT2D eigenvalue weighted by molar-refractivity contribution is -0.136. The number of nitrogens with one attached hydrogen (secondary N) is 1. The van der Waals surface area contributed by atoms with Gasteiger partial charge in [-0.05, 0) is 38.0 Å². The summed E-state index contributed by atoms with van der Waals surface area (Å²) in [5, 5.41) is 13.2. The standard InChI is InChI=1S/C17H23N3O2S/c1-3-20(4-2)17-19-12-15(23-17)11-18-14-7-5-6-13(10-14)8-9-16(21)22/h5-7,10,12,18H,3-4,8-9,11H2,1-2H3,(H,21,22). The van der Waals surface area contributed by atoms with E-state index in [2.05, 4.69) is 29.0 Å². The highest BCUT2D eigenvalue weighted by Gasteiger charge is 2.07. The number of anilines is 2. The van der Waals surface area contributed by atoms with Crippen molar-refractivity contribution in [1.29, 1.82) is 0 Å². The smallest absolute Gasteiger partial charge is 0.303 e. The summed E-state index contributed by atoms with van der Waals surface area (Å²) in [6.45, 7) is 6.91. The number of thiazole rings is 1. The molecule has 2 rings (SSSR count). The average Bonchev–Trinajstić information content (AvgIpc) is 3.01. The van der Waals surface area contributed by atoms with Crippen molar-refractivity contribution in [2.45, 2.75) is 33.2 Å². The number of aryl methyl sites for hydroxylation is 1. The zero-order valence-electron chi connectivity index (χ0n) is 13.6. The van der Waals surface area contributed by atoms with Gasteiger partial charge in [-0.2, -0.15) is 0 Å². The molecule has 1 aromatic heterocycles. The second-order valence-electron chi connectivity index (χ2n) is 5.23. The molecule has 0 radical (unpaired) electrons. The summed E-state index contributed by atoms with van der Waals surface area (Å²) >= 11 is 1.70. The van der Waals surface area contributed by atoms with E-state index < -0.39 is 5.97 Å². The molecule has 0 bridgehead atoms. The molecule has 0 unspecified atom stereocenters. The SMILES string of the molecule is CCN(CC)c1ncc(CNc2cccc(CCC(=O)O)c2)s1. The third-order valence-electron chi connectivity index (χ3n) is 3.60. The lowest BCUT2D eigenvalue weighted by Crippen LogP contribution is -2.21. The molecule has 1 heterocycles. The lowest BCUT2D eigenvalue weighted by Gasteiger charge is -2.16. The highest BCUT2D eigenvalue weighted by atomic mass is 32.1. The van der Waals surface area contributed by atoms with Gasteiger partial charge in [0.05, 0.1) is 6.54 Å². The molecular weight excluding hydrogens is 310 g/mol. The van der Waals surface area contributed by atoms with Crippen molar-refractivity contribution in [3.8, 4) is 0 Å². The molecule has 23 heavy (non-hydrogen) atoms. The highest BCUT2D eigenvalue weighted by Crippen LogP contribution is 2.23. The van der Waals surface area contributed by atoms with Crippen molar-refractivity contribution in [1.82, 2.24) is 4.98 Å². The topological polar surface area (TPSA) is 65.5 Å². The van der Waals surface area contributed by atoms with Crippen LogP contribution in [-0.2, 0) is 17.8 Å². The Kier molecular flexibility index (Phi) is 6.40. The second kappa shape index (κ2) is 8.53. The van der Waals surface area contributed by atoms with Crippen LogP contribution < -0.4 is 10.2 Å². The van der Waals surface area contributed by atoms with Gasteiger partial charge in [0.2, 0.25) is 0 Å². The van der Waals surface area contributed by atoms with Gasteiger partial charge in [0, 0.05) is 36.3 Å². The summed E-state index contributed by atoms with van der Waals surface area (Å²) in [6, 6.07) is 7.92. The van der Waals surface area contributed by atoms with Crippen LogP contribution in [0.4, 0.5) is 10.8 Å². The van der Waals surface area contributed by atoms with Crippen LogP contribution in [0.1, 0.15) is 30.7 Å². The van der Waals surface area contributed by atoms with Crippen molar-refractivity contribution < 1.29 is 9.90 Å². The van der Waals surface area contributed by atoms with E-state index in [0.717, 1.165) is 36.0 Å². The third-order valence-corrected chi connectivity index (χ3v) is 4.65. The monoisotopic (exact) mass is 333 g/mol. The number of aliphatic carboxylic acids is 1. The van der Waals surface area contributed by atoms with Crippen molar-refractivity contribution in [3.63, 3.8) is 0 Å². The van der Waals surface area contributed by atoms with Gasteiger partial charge in [-0.15, -0.1) is 11.3 Å². The first-order chi connectivity index (χ1) is 11.1. The molecule has 0 saturated carbocycles. The number of carboxylic acids is 1. The Morgan fingerprint density at radius 1 is 1.35 bits per heavy atom. The van der Waals surface area contributed by atoms with Crippen molar-refractivity contribution >= 4 is 28.1 Å².